The van der Waals surface area contributed by atoms with Gasteiger partial charge in [-0.3, -0.25) is 4.79 Å². The second-order valence-corrected chi connectivity index (χ2v) is 5.49. The molecule has 0 aliphatic rings. The first-order valence-corrected chi connectivity index (χ1v) is 6.77. The number of hydrogen-bond donors (Lipinski definition) is 3. The summed E-state index contributed by atoms with van der Waals surface area (Å²) in [5.41, 5.74) is 0.486. The highest BCUT2D eigenvalue weighted by molar-refractivity contribution is 9.10. The Morgan fingerprint density at radius 2 is 2.16 bits per heavy atom. The average Bonchev–Trinajstić information content (AvgIpc) is 2.30. The number of rotatable bonds is 5. The van der Waals surface area contributed by atoms with Crippen LogP contribution in [0.3, 0.4) is 0 Å². The molecule has 1 aromatic carbocycles. The number of amides is 2. The summed E-state index contributed by atoms with van der Waals surface area (Å²) in [6.45, 7) is 2.03. The van der Waals surface area contributed by atoms with Crippen LogP contribution in [0.5, 0.6) is 0 Å². The fourth-order valence-electron chi connectivity index (χ4n) is 1.40. The van der Waals surface area contributed by atoms with Gasteiger partial charge in [0.2, 0.25) is 0 Å². The van der Waals surface area contributed by atoms with E-state index < -0.39 is 12.0 Å². The third-order valence-corrected chi connectivity index (χ3v) is 3.13. The van der Waals surface area contributed by atoms with Crippen LogP contribution in [0.2, 0.25) is 5.02 Å². The molecule has 0 spiro atoms. The molecule has 2 amide bonds. The van der Waals surface area contributed by atoms with Crippen LogP contribution < -0.4 is 10.6 Å². The SMILES string of the molecule is CC(CNC(=O)Nc1cc(Br)ccc1Cl)CC(=O)O. The molecule has 0 saturated heterocycles. The van der Waals surface area contributed by atoms with Crippen LogP contribution in [0.15, 0.2) is 22.7 Å². The summed E-state index contributed by atoms with van der Waals surface area (Å²) in [5.74, 6) is -1.02. The molecule has 0 aromatic heterocycles. The second-order valence-electron chi connectivity index (χ2n) is 4.16. The number of anilines is 1. The number of carboxylic acid groups (broad SMARTS) is 1. The fraction of sp³-hybridized carbons (Fsp3) is 0.333. The third-order valence-electron chi connectivity index (χ3n) is 2.31. The number of aliphatic carboxylic acids is 1. The minimum atomic E-state index is -0.884. The van der Waals surface area contributed by atoms with Crippen molar-refractivity contribution in [1.29, 1.82) is 0 Å². The van der Waals surface area contributed by atoms with Crippen molar-refractivity contribution in [3.63, 3.8) is 0 Å². The Balaban J connectivity index is 2.47. The first kappa shape index (κ1) is 15.8. The molecular formula is C12H14BrClN2O3. The zero-order chi connectivity index (χ0) is 14.4. The van der Waals surface area contributed by atoms with Crippen molar-refractivity contribution >= 4 is 45.2 Å². The molecule has 5 nitrogen and oxygen atoms in total. The second kappa shape index (κ2) is 7.35. The van der Waals surface area contributed by atoms with Gasteiger partial charge in [-0.05, 0) is 24.1 Å². The first-order valence-electron chi connectivity index (χ1n) is 5.60. The summed E-state index contributed by atoms with van der Waals surface area (Å²) >= 11 is 9.21. The molecule has 7 heteroatoms. The molecule has 1 aromatic rings. The van der Waals surface area contributed by atoms with Crippen LogP contribution in [0.1, 0.15) is 13.3 Å². The highest BCUT2D eigenvalue weighted by Crippen LogP contribution is 2.25. The van der Waals surface area contributed by atoms with E-state index >= 15 is 0 Å². The van der Waals surface area contributed by atoms with Crippen LogP contribution >= 0.6 is 27.5 Å². The molecule has 0 saturated carbocycles. The zero-order valence-corrected chi connectivity index (χ0v) is 12.6. The van der Waals surface area contributed by atoms with E-state index in [-0.39, 0.29) is 18.9 Å². The number of carboxylic acids is 1. The molecule has 0 fully saturated rings. The predicted molar refractivity (Wildman–Crippen MR) is 77.6 cm³/mol. The summed E-state index contributed by atoms with van der Waals surface area (Å²) < 4.78 is 0.798. The van der Waals surface area contributed by atoms with Gasteiger partial charge in [-0.25, -0.2) is 4.79 Å². The molecule has 3 N–H and O–H groups in total. The molecule has 1 atom stereocenters. The van der Waals surface area contributed by atoms with Crippen LogP contribution in [0, 0.1) is 5.92 Å². The van der Waals surface area contributed by atoms with E-state index in [4.69, 9.17) is 16.7 Å². The van der Waals surface area contributed by atoms with Gasteiger partial charge in [0.05, 0.1) is 10.7 Å². The van der Waals surface area contributed by atoms with E-state index in [0.29, 0.717) is 10.7 Å². The molecule has 0 aliphatic heterocycles. The highest BCUT2D eigenvalue weighted by Gasteiger charge is 2.10. The number of urea groups is 1. The van der Waals surface area contributed by atoms with Gasteiger partial charge in [0.25, 0.3) is 0 Å². The van der Waals surface area contributed by atoms with Gasteiger partial charge in [0, 0.05) is 17.4 Å². The largest absolute Gasteiger partial charge is 0.481 e. The van der Waals surface area contributed by atoms with Crippen LogP contribution in [-0.2, 0) is 4.79 Å². The molecule has 1 rings (SSSR count). The summed E-state index contributed by atoms with van der Waals surface area (Å²) in [5, 5.41) is 14.2. The number of benzene rings is 1. The molecule has 0 bridgehead atoms. The molecule has 0 aliphatic carbocycles. The van der Waals surface area contributed by atoms with Crippen LogP contribution in [0.4, 0.5) is 10.5 Å². The smallest absolute Gasteiger partial charge is 0.319 e. The number of carbonyl (C=O) groups is 2. The summed E-state index contributed by atoms with van der Waals surface area (Å²) in [7, 11) is 0. The van der Waals surface area contributed by atoms with Gasteiger partial charge in [-0.2, -0.15) is 0 Å². The summed E-state index contributed by atoms with van der Waals surface area (Å²) in [6.07, 6.45) is 0.0118. The lowest BCUT2D eigenvalue weighted by molar-refractivity contribution is -0.137. The van der Waals surface area contributed by atoms with Crippen molar-refractivity contribution in [3.05, 3.63) is 27.7 Å². The maximum Gasteiger partial charge on any atom is 0.319 e. The number of nitrogens with one attached hydrogen (secondary N) is 2. The van der Waals surface area contributed by atoms with Crippen molar-refractivity contribution in [2.24, 2.45) is 5.92 Å². The van der Waals surface area contributed by atoms with E-state index in [1.165, 1.54) is 0 Å². The van der Waals surface area contributed by atoms with Crippen molar-refractivity contribution in [1.82, 2.24) is 5.32 Å². The lowest BCUT2D eigenvalue weighted by Crippen LogP contribution is -2.33. The Morgan fingerprint density at radius 3 is 2.79 bits per heavy atom. The Labute approximate surface area is 124 Å². The average molecular weight is 350 g/mol. The minimum absolute atomic E-state index is 0.0118. The van der Waals surface area contributed by atoms with Crippen molar-refractivity contribution in [2.75, 3.05) is 11.9 Å². The third kappa shape index (κ3) is 5.94. The van der Waals surface area contributed by atoms with Gasteiger partial charge in [0.1, 0.15) is 0 Å². The van der Waals surface area contributed by atoms with E-state index in [1.807, 2.05) is 0 Å². The lowest BCUT2D eigenvalue weighted by atomic mass is 10.1. The standard InChI is InChI=1S/C12H14BrClN2O3/c1-7(4-11(17)18)6-15-12(19)16-10-5-8(13)2-3-9(10)14/h2-3,5,7H,4,6H2,1H3,(H,17,18)(H2,15,16,19). The van der Waals surface area contributed by atoms with Crippen molar-refractivity contribution in [3.8, 4) is 0 Å². The van der Waals surface area contributed by atoms with Gasteiger partial charge >= 0.3 is 12.0 Å². The molecule has 0 heterocycles. The summed E-state index contributed by atoms with van der Waals surface area (Å²) in [6, 6.07) is 4.69. The first-order chi connectivity index (χ1) is 8.88. The molecule has 19 heavy (non-hydrogen) atoms. The maximum atomic E-state index is 11.6. The topological polar surface area (TPSA) is 78.4 Å². The summed E-state index contributed by atoms with van der Waals surface area (Å²) in [4.78, 5) is 22.1. The van der Waals surface area contributed by atoms with Gasteiger partial charge in [-0.1, -0.05) is 34.5 Å². The van der Waals surface area contributed by atoms with E-state index in [9.17, 15) is 9.59 Å². The lowest BCUT2D eigenvalue weighted by Gasteiger charge is -2.12. The van der Waals surface area contributed by atoms with Crippen molar-refractivity contribution in [2.45, 2.75) is 13.3 Å². The van der Waals surface area contributed by atoms with E-state index in [2.05, 4.69) is 26.6 Å². The molecule has 0 radical (unpaired) electrons. The monoisotopic (exact) mass is 348 g/mol. The number of carbonyl (C=O) groups excluding carboxylic acids is 1. The quantitative estimate of drug-likeness (QED) is 0.763. The van der Waals surface area contributed by atoms with Gasteiger partial charge in [-0.15, -0.1) is 0 Å². The van der Waals surface area contributed by atoms with E-state index in [0.717, 1.165) is 4.47 Å². The van der Waals surface area contributed by atoms with Crippen LogP contribution in [0.25, 0.3) is 0 Å². The minimum Gasteiger partial charge on any atom is -0.481 e. The molecule has 1 unspecified atom stereocenters. The molecule has 104 valence electrons. The fourth-order valence-corrected chi connectivity index (χ4v) is 1.92. The van der Waals surface area contributed by atoms with Crippen molar-refractivity contribution < 1.29 is 14.7 Å². The number of halogens is 2. The zero-order valence-electron chi connectivity index (χ0n) is 10.2. The predicted octanol–water partition coefficient (Wildman–Crippen LogP) is 3.33. The Hall–Kier alpha value is -1.27. The van der Waals surface area contributed by atoms with Gasteiger partial charge < -0.3 is 15.7 Å². The Morgan fingerprint density at radius 1 is 1.47 bits per heavy atom. The maximum absolute atomic E-state index is 11.6. The normalized spacial score (nSPS) is 11.7. The van der Waals surface area contributed by atoms with Crippen LogP contribution in [-0.4, -0.2) is 23.7 Å². The number of hydrogen-bond acceptors (Lipinski definition) is 2. The Bertz CT molecular complexity index is 482. The molecular weight excluding hydrogens is 336 g/mol. The highest BCUT2D eigenvalue weighted by atomic mass is 79.9. The van der Waals surface area contributed by atoms with Gasteiger partial charge in [0.15, 0.2) is 0 Å². The Kier molecular flexibility index (Phi) is 6.11. The van der Waals surface area contributed by atoms with E-state index in [1.54, 1.807) is 25.1 Å².